The smallest absolute Gasteiger partial charge is 0.326 e. The van der Waals surface area contributed by atoms with Gasteiger partial charge in [0.15, 0.2) is 0 Å². The summed E-state index contributed by atoms with van der Waals surface area (Å²) < 4.78 is 1.82. The molecular formula is C15H15ClN2O2. The molecule has 0 saturated carbocycles. The number of benzene rings is 1. The van der Waals surface area contributed by atoms with Crippen molar-refractivity contribution in [1.29, 1.82) is 0 Å². The van der Waals surface area contributed by atoms with E-state index in [-0.39, 0.29) is 0 Å². The zero-order valence-electron chi connectivity index (χ0n) is 10.9. The molecule has 0 amide bonds. The van der Waals surface area contributed by atoms with Crippen LogP contribution in [0.25, 0.3) is 0 Å². The minimum absolute atomic E-state index is 0.467. The molecule has 1 aromatic heterocycles. The minimum Gasteiger partial charge on any atom is -0.480 e. The molecule has 3 rings (SSSR count). The number of imidazole rings is 1. The number of aliphatic carboxylic acids is 1. The first-order valence-electron chi connectivity index (χ1n) is 6.67. The molecule has 104 valence electrons. The van der Waals surface area contributed by atoms with Gasteiger partial charge in [-0.3, -0.25) is 0 Å². The third kappa shape index (κ3) is 2.56. The second-order valence-electron chi connectivity index (χ2n) is 5.11. The SMILES string of the molecule is O=C(O)C1CCCc2nc(Cc3ccc(Cl)cc3)cn21. The first-order chi connectivity index (χ1) is 9.63. The third-order valence-electron chi connectivity index (χ3n) is 3.66. The number of rotatable bonds is 3. The Bertz CT molecular complexity index is 634. The normalized spacial score (nSPS) is 17.8. The van der Waals surface area contributed by atoms with E-state index in [1.54, 1.807) is 0 Å². The zero-order valence-corrected chi connectivity index (χ0v) is 11.7. The fraction of sp³-hybridized carbons (Fsp3) is 0.333. The van der Waals surface area contributed by atoms with Gasteiger partial charge in [-0.25, -0.2) is 9.78 Å². The molecule has 20 heavy (non-hydrogen) atoms. The molecular weight excluding hydrogens is 276 g/mol. The number of aromatic nitrogens is 2. The van der Waals surface area contributed by atoms with Crippen molar-refractivity contribution in [1.82, 2.24) is 9.55 Å². The van der Waals surface area contributed by atoms with Crippen molar-refractivity contribution in [3.05, 3.63) is 52.6 Å². The molecule has 0 bridgehead atoms. The summed E-state index contributed by atoms with van der Waals surface area (Å²) in [6.45, 7) is 0. The number of aryl methyl sites for hydroxylation is 1. The summed E-state index contributed by atoms with van der Waals surface area (Å²) in [7, 11) is 0. The topological polar surface area (TPSA) is 55.1 Å². The highest BCUT2D eigenvalue weighted by molar-refractivity contribution is 6.30. The number of hydrogen-bond donors (Lipinski definition) is 1. The molecule has 5 heteroatoms. The number of nitrogens with zero attached hydrogens (tertiary/aromatic N) is 2. The van der Waals surface area contributed by atoms with Crippen LogP contribution in [0.2, 0.25) is 5.02 Å². The molecule has 1 N–H and O–H groups in total. The Balaban J connectivity index is 1.85. The average molecular weight is 291 g/mol. The number of hydrogen-bond acceptors (Lipinski definition) is 2. The highest BCUT2D eigenvalue weighted by Crippen LogP contribution is 2.26. The molecule has 1 unspecified atom stereocenters. The van der Waals surface area contributed by atoms with Gasteiger partial charge in [0.1, 0.15) is 11.9 Å². The Morgan fingerprint density at radius 2 is 2.15 bits per heavy atom. The molecule has 0 fully saturated rings. The second-order valence-corrected chi connectivity index (χ2v) is 5.54. The molecule has 1 atom stereocenters. The maximum absolute atomic E-state index is 11.3. The lowest BCUT2D eigenvalue weighted by Crippen LogP contribution is -2.24. The van der Waals surface area contributed by atoms with Crippen LogP contribution >= 0.6 is 11.6 Å². The third-order valence-corrected chi connectivity index (χ3v) is 3.91. The molecule has 0 spiro atoms. The Morgan fingerprint density at radius 1 is 1.40 bits per heavy atom. The monoisotopic (exact) mass is 290 g/mol. The largest absolute Gasteiger partial charge is 0.480 e. The van der Waals surface area contributed by atoms with Crippen molar-refractivity contribution in [3.63, 3.8) is 0 Å². The average Bonchev–Trinajstić information content (AvgIpc) is 2.83. The van der Waals surface area contributed by atoms with Gasteiger partial charge in [-0.05, 0) is 30.5 Å². The number of fused-ring (bicyclic) bond motifs is 1. The lowest BCUT2D eigenvalue weighted by molar-refractivity contribution is -0.141. The number of carbonyl (C=O) groups is 1. The van der Waals surface area contributed by atoms with Crippen LogP contribution in [-0.2, 0) is 17.6 Å². The van der Waals surface area contributed by atoms with E-state index >= 15 is 0 Å². The fourth-order valence-electron chi connectivity index (χ4n) is 2.67. The summed E-state index contributed by atoms with van der Waals surface area (Å²) in [6, 6.07) is 7.18. The Hall–Kier alpha value is -1.81. The Morgan fingerprint density at radius 3 is 2.85 bits per heavy atom. The van der Waals surface area contributed by atoms with Crippen LogP contribution in [0.5, 0.6) is 0 Å². The Kier molecular flexibility index (Phi) is 3.49. The van der Waals surface area contributed by atoms with E-state index in [4.69, 9.17) is 11.6 Å². The predicted molar refractivity (Wildman–Crippen MR) is 76.1 cm³/mol. The van der Waals surface area contributed by atoms with Crippen molar-refractivity contribution in [2.24, 2.45) is 0 Å². The number of carboxylic acid groups (broad SMARTS) is 1. The van der Waals surface area contributed by atoms with E-state index in [9.17, 15) is 9.90 Å². The van der Waals surface area contributed by atoms with Gasteiger partial charge in [0.25, 0.3) is 0 Å². The van der Waals surface area contributed by atoms with Gasteiger partial charge in [0.2, 0.25) is 0 Å². The van der Waals surface area contributed by atoms with Crippen molar-refractivity contribution < 1.29 is 9.90 Å². The van der Waals surface area contributed by atoms with Gasteiger partial charge in [-0.1, -0.05) is 23.7 Å². The van der Waals surface area contributed by atoms with E-state index < -0.39 is 12.0 Å². The molecule has 0 saturated heterocycles. The van der Waals surface area contributed by atoms with Crippen LogP contribution in [0.4, 0.5) is 0 Å². The van der Waals surface area contributed by atoms with Crippen molar-refractivity contribution in [2.75, 3.05) is 0 Å². The molecule has 2 aromatic rings. The van der Waals surface area contributed by atoms with E-state index in [1.807, 2.05) is 35.0 Å². The fourth-order valence-corrected chi connectivity index (χ4v) is 2.80. The molecule has 1 aliphatic rings. The van der Waals surface area contributed by atoms with Crippen LogP contribution in [0.15, 0.2) is 30.5 Å². The Labute approximate surface area is 122 Å². The van der Waals surface area contributed by atoms with E-state index in [0.717, 1.165) is 29.9 Å². The highest BCUT2D eigenvalue weighted by atomic mass is 35.5. The second kappa shape index (κ2) is 5.29. The van der Waals surface area contributed by atoms with Gasteiger partial charge in [0.05, 0.1) is 5.69 Å². The molecule has 1 aromatic carbocycles. The summed E-state index contributed by atoms with van der Waals surface area (Å²) in [6.07, 6.45) is 4.99. The maximum Gasteiger partial charge on any atom is 0.326 e. The van der Waals surface area contributed by atoms with E-state index in [2.05, 4.69) is 4.98 Å². The van der Waals surface area contributed by atoms with Crippen LogP contribution in [0.1, 0.15) is 36.0 Å². The van der Waals surface area contributed by atoms with Gasteiger partial charge in [-0.2, -0.15) is 0 Å². The van der Waals surface area contributed by atoms with E-state index in [0.29, 0.717) is 17.9 Å². The summed E-state index contributed by atoms with van der Waals surface area (Å²) in [5, 5.41) is 9.96. The van der Waals surface area contributed by atoms with Crippen molar-refractivity contribution in [3.8, 4) is 0 Å². The molecule has 2 heterocycles. The minimum atomic E-state index is -0.776. The quantitative estimate of drug-likeness (QED) is 0.945. The summed E-state index contributed by atoms with van der Waals surface area (Å²) in [5.74, 6) is 0.106. The van der Waals surface area contributed by atoms with Gasteiger partial charge in [-0.15, -0.1) is 0 Å². The number of halogens is 1. The van der Waals surface area contributed by atoms with Crippen LogP contribution in [-0.4, -0.2) is 20.6 Å². The zero-order chi connectivity index (χ0) is 14.1. The van der Waals surface area contributed by atoms with Crippen molar-refractivity contribution in [2.45, 2.75) is 31.7 Å². The molecule has 4 nitrogen and oxygen atoms in total. The highest BCUT2D eigenvalue weighted by Gasteiger charge is 2.26. The standard InChI is InChI=1S/C15H15ClN2O2/c16-11-6-4-10(5-7-11)8-12-9-18-13(15(19)20)2-1-3-14(18)17-12/h4-7,9,13H,1-3,8H2,(H,19,20). The molecule has 0 radical (unpaired) electrons. The van der Waals surface area contributed by atoms with Crippen LogP contribution < -0.4 is 0 Å². The first-order valence-corrected chi connectivity index (χ1v) is 7.05. The maximum atomic E-state index is 11.3. The summed E-state index contributed by atoms with van der Waals surface area (Å²) in [5.41, 5.74) is 2.03. The summed E-state index contributed by atoms with van der Waals surface area (Å²) >= 11 is 5.87. The van der Waals surface area contributed by atoms with Crippen LogP contribution in [0.3, 0.4) is 0 Å². The predicted octanol–water partition coefficient (Wildman–Crippen LogP) is 3.09. The molecule has 1 aliphatic heterocycles. The number of carboxylic acids is 1. The summed E-state index contributed by atoms with van der Waals surface area (Å²) in [4.78, 5) is 15.8. The van der Waals surface area contributed by atoms with Crippen molar-refractivity contribution >= 4 is 17.6 Å². The molecule has 0 aliphatic carbocycles. The van der Waals surface area contributed by atoms with E-state index in [1.165, 1.54) is 0 Å². The van der Waals surface area contributed by atoms with Gasteiger partial charge in [0, 0.05) is 24.1 Å². The first kappa shape index (κ1) is 13.2. The van der Waals surface area contributed by atoms with Gasteiger partial charge < -0.3 is 9.67 Å². The van der Waals surface area contributed by atoms with Gasteiger partial charge >= 0.3 is 5.97 Å². The lowest BCUT2D eigenvalue weighted by atomic mass is 10.1. The van der Waals surface area contributed by atoms with Crippen LogP contribution in [0, 0.1) is 0 Å². The lowest BCUT2D eigenvalue weighted by Gasteiger charge is -2.20.